The number of halogens is 4. The maximum atomic E-state index is 12.8. The molecule has 78 valence electrons. The van der Waals surface area contributed by atoms with Gasteiger partial charge in [-0.3, -0.25) is 0 Å². The van der Waals surface area contributed by atoms with Gasteiger partial charge in [-0.05, 0) is 0 Å². The van der Waals surface area contributed by atoms with E-state index in [0.717, 1.165) is 0 Å². The van der Waals surface area contributed by atoms with E-state index in [-0.39, 0.29) is 51.4 Å². The van der Waals surface area contributed by atoms with Crippen LogP contribution in [0.4, 0.5) is 13.2 Å². The van der Waals surface area contributed by atoms with Crippen LogP contribution in [-0.2, 0) is 0 Å². The molecule has 0 unspecified atom stereocenters. The van der Waals surface area contributed by atoms with E-state index in [2.05, 4.69) is 4.65 Å². The standard InChI is InChI=1S/C6H3BClF3O3.K.H/c8-4-2(9)1-3(14-7(12)13)5(10)6(4)11;;/h1,12-13H;;. The Hall–Kier alpha value is 0.721. The molecule has 0 fully saturated rings. The summed E-state index contributed by atoms with van der Waals surface area (Å²) in [6.45, 7) is 0. The van der Waals surface area contributed by atoms with Gasteiger partial charge in [0.25, 0.3) is 0 Å². The third-order valence-electron chi connectivity index (χ3n) is 1.30. The van der Waals surface area contributed by atoms with Gasteiger partial charge in [-0.15, -0.1) is 0 Å². The molecular formula is C6H4BClF3KO3. The van der Waals surface area contributed by atoms with Crippen LogP contribution < -0.4 is 4.65 Å². The van der Waals surface area contributed by atoms with Gasteiger partial charge in [0.2, 0.25) is 5.82 Å². The van der Waals surface area contributed by atoms with E-state index < -0.39 is 35.5 Å². The summed E-state index contributed by atoms with van der Waals surface area (Å²) in [5.41, 5.74) is 0. The first kappa shape index (κ1) is 15.7. The van der Waals surface area contributed by atoms with Crippen molar-refractivity contribution in [1.29, 1.82) is 0 Å². The summed E-state index contributed by atoms with van der Waals surface area (Å²) in [7, 11) is -2.37. The summed E-state index contributed by atoms with van der Waals surface area (Å²) in [6, 6.07) is 0.403. The summed E-state index contributed by atoms with van der Waals surface area (Å²) >= 11 is 5.02. The third kappa shape index (κ3) is 3.90. The zero-order chi connectivity index (χ0) is 10.9. The van der Waals surface area contributed by atoms with E-state index in [1.165, 1.54) is 0 Å². The Kier molecular flexibility index (Phi) is 6.77. The molecule has 1 aromatic carbocycles. The summed E-state index contributed by atoms with van der Waals surface area (Å²) in [5, 5.41) is 15.5. The molecule has 0 spiro atoms. The number of hydrogen-bond donors (Lipinski definition) is 2. The van der Waals surface area contributed by atoms with Crippen molar-refractivity contribution in [1.82, 2.24) is 0 Å². The van der Waals surface area contributed by atoms with Gasteiger partial charge in [0.05, 0.1) is 0 Å². The van der Waals surface area contributed by atoms with E-state index in [1.807, 2.05) is 0 Å². The summed E-state index contributed by atoms with van der Waals surface area (Å²) in [5.74, 6) is -5.48. The molecule has 0 amide bonds. The molecule has 0 heterocycles. The minimum absolute atomic E-state index is 0. The summed E-state index contributed by atoms with van der Waals surface area (Å²) in [6.07, 6.45) is 0. The average molecular weight is 266 g/mol. The monoisotopic (exact) mass is 266 g/mol. The Morgan fingerprint density at radius 1 is 1.20 bits per heavy atom. The van der Waals surface area contributed by atoms with Crippen molar-refractivity contribution in [3.05, 3.63) is 28.5 Å². The van der Waals surface area contributed by atoms with Gasteiger partial charge in [-0.2, -0.15) is 4.39 Å². The topological polar surface area (TPSA) is 49.7 Å². The molecule has 2 N–H and O–H groups in total. The summed E-state index contributed by atoms with van der Waals surface area (Å²) < 4.78 is 42.2. The molecule has 0 aliphatic rings. The van der Waals surface area contributed by atoms with Crippen LogP contribution in [-0.4, -0.2) is 68.8 Å². The molecule has 0 atom stereocenters. The molecule has 0 aliphatic heterocycles. The fraction of sp³-hybridized carbons (Fsp3) is 0. The average Bonchev–Trinajstić information content (AvgIpc) is 2.10. The fourth-order valence-electron chi connectivity index (χ4n) is 0.750. The maximum absolute atomic E-state index is 12.8. The number of rotatable bonds is 2. The van der Waals surface area contributed by atoms with Crippen molar-refractivity contribution in [3.63, 3.8) is 0 Å². The van der Waals surface area contributed by atoms with E-state index in [9.17, 15) is 13.2 Å². The van der Waals surface area contributed by atoms with Crippen LogP contribution in [0.5, 0.6) is 5.75 Å². The number of hydrogen-bond acceptors (Lipinski definition) is 3. The molecule has 0 saturated carbocycles. The van der Waals surface area contributed by atoms with Gasteiger partial charge >= 0.3 is 58.7 Å². The van der Waals surface area contributed by atoms with Gasteiger partial charge in [0.15, 0.2) is 5.82 Å². The van der Waals surface area contributed by atoms with Crippen molar-refractivity contribution < 1.29 is 27.9 Å². The van der Waals surface area contributed by atoms with E-state index in [1.54, 1.807) is 0 Å². The van der Waals surface area contributed by atoms with Crippen LogP contribution in [0.25, 0.3) is 0 Å². The fourth-order valence-corrected chi connectivity index (χ4v) is 0.888. The van der Waals surface area contributed by atoms with Crippen LogP contribution >= 0.6 is 11.6 Å². The van der Waals surface area contributed by atoms with Crippen molar-refractivity contribution in [2.75, 3.05) is 0 Å². The first-order valence-electron chi connectivity index (χ1n) is 3.29. The zero-order valence-electron chi connectivity index (χ0n) is 6.47. The van der Waals surface area contributed by atoms with Crippen molar-refractivity contribution in [3.8, 4) is 5.75 Å². The second-order valence-electron chi connectivity index (χ2n) is 2.24. The molecular weight excluding hydrogens is 262 g/mol. The molecule has 3 nitrogen and oxygen atoms in total. The molecule has 0 aromatic heterocycles. The predicted octanol–water partition coefficient (Wildman–Crippen LogP) is 0.457. The molecule has 0 saturated heterocycles. The van der Waals surface area contributed by atoms with E-state index in [4.69, 9.17) is 21.6 Å². The Labute approximate surface area is 131 Å². The van der Waals surface area contributed by atoms with Crippen LogP contribution in [0.2, 0.25) is 5.02 Å². The molecule has 9 heteroatoms. The van der Waals surface area contributed by atoms with E-state index >= 15 is 0 Å². The van der Waals surface area contributed by atoms with E-state index in [0.29, 0.717) is 6.07 Å². The molecule has 15 heavy (non-hydrogen) atoms. The van der Waals surface area contributed by atoms with Crippen LogP contribution in [0.15, 0.2) is 6.07 Å². The SMILES string of the molecule is OB(O)Oc1cc(F)c(Cl)c(F)c1F.[KH]. The van der Waals surface area contributed by atoms with Crippen LogP contribution in [0, 0.1) is 17.5 Å². The van der Waals surface area contributed by atoms with Crippen LogP contribution in [0.1, 0.15) is 0 Å². The minimum atomic E-state index is -2.37. The van der Waals surface area contributed by atoms with Crippen molar-refractivity contribution in [2.24, 2.45) is 0 Å². The van der Waals surface area contributed by atoms with Crippen molar-refractivity contribution in [2.45, 2.75) is 0 Å². The molecule has 0 aliphatic carbocycles. The second kappa shape index (κ2) is 6.46. The molecule has 1 rings (SSSR count). The van der Waals surface area contributed by atoms with Gasteiger partial charge in [-0.25, -0.2) is 8.78 Å². The van der Waals surface area contributed by atoms with Gasteiger partial charge in [0.1, 0.15) is 16.6 Å². The first-order chi connectivity index (χ1) is 6.43. The zero-order valence-corrected chi connectivity index (χ0v) is 7.23. The molecule has 0 bridgehead atoms. The third-order valence-corrected chi connectivity index (χ3v) is 1.65. The van der Waals surface area contributed by atoms with Gasteiger partial charge in [0, 0.05) is 6.07 Å². The Morgan fingerprint density at radius 2 is 1.73 bits per heavy atom. The predicted molar refractivity (Wildman–Crippen MR) is 49.3 cm³/mol. The molecule has 1 aromatic rings. The molecule has 0 radical (unpaired) electrons. The second-order valence-corrected chi connectivity index (χ2v) is 2.62. The van der Waals surface area contributed by atoms with Gasteiger partial charge < -0.3 is 14.7 Å². The van der Waals surface area contributed by atoms with Crippen molar-refractivity contribution >= 4 is 70.3 Å². The Bertz CT molecular complexity index is 366. The van der Waals surface area contributed by atoms with Gasteiger partial charge in [-0.1, -0.05) is 11.6 Å². The number of benzene rings is 1. The normalized spacial score (nSPS) is 9.47. The quantitative estimate of drug-likeness (QED) is 0.464. The Morgan fingerprint density at radius 3 is 2.20 bits per heavy atom. The first-order valence-corrected chi connectivity index (χ1v) is 3.67. The van der Waals surface area contributed by atoms with Crippen LogP contribution in [0.3, 0.4) is 0 Å². The Balaban J connectivity index is 0.00000196. The summed E-state index contributed by atoms with van der Waals surface area (Å²) in [4.78, 5) is 0.